The summed E-state index contributed by atoms with van der Waals surface area (Å²) in [4.78, 5) is 46.0. The summed E-state index contributed by atoms with van der Waals surface area (Å²) in [5, 5.41) is 0. The van der Waals surface area contributed by atoms with Crippen molar-refractivity contribution in [2.24, 2.45) is 0 Å². The molecule has 0 radical (unpaired) electrons. The lowest BCUT2D eigenvalue weighted by Gasteiger charge is -2.41. The predicted octanol–water partition coefficient (Wildman–Crippen LogP) is 15.0. The van der Waals surface area contributed by atoms with Gasteiger partial charge in [0.25, 0.3) is 0 Å². The van der Waals surface area contributed by atoms with Crippen molar-refractivity contribution in [3.05, 3.63) is 89.5 Å². The Kier molecular flexibility index (Phi) is 30.0. The van der Waals surface area contributed by atoms with E-state index >= 15 is 0 Å². The van der Waals surface area contributed by atoms with Gasteiger partial charge in [-0.25, -0.2) is 0 Å². The summed E-state index contributed by atoms with van der Waals surface area (Å²) in [5.41, 5.74) is 0.630. The van der Waals surface area contributed by atoms with E-state index in [0.29, 0.717) is 69.7 Å². The van der Waals surface area contributed by atoms with Gasteiger partial charge in [0.15, 0.2) is 67.3 Å². The van der Waals surface area contributed by atoms with E-state index in [-0.39, 0.29) is 22.9 Å². The highest BCUT2D eigenvalue weighted by Crippen LogP contribution is 2.34. The van der Waals surface area contributed by atoms with Gasteiger partial charge < -0.3 is 48.7 Å². The molecule has 0 spiro atoms. The van der Waals surface area contributed by atoms with Crippen molar-refractivity contribution < 1.29 is 63.1 Å². The van der Waals surface area contributed by atoms with Crippen LogP contribution in [0, 0.1) is 0 Å². The number of benzene rings is 3. The van der Waals surface area contributed by atoms with Crippen LogP contribution in [0.15, 0.2) is 72.8 Å². The summed E-state index contributed by atoms with van der Waals surface area (Å²) in [6.07, 6.45) is 0.994. The molecule has 3 aromatic rings. The number of ketones is 3. The Labute approximate surface area is 565 Å². The van der Waals surface area contributed by atoms with Crippen LogP contribution in [0.1, 0.15) is 86.0 Å². The van der Waals surface area contributed by atoms with Crippen molar-refractivity contribution >= 4 is 84.6 Å². The van der Waals surface area contributed by atoms with E-state index in [2.05, 4.69) is 139 Å². The summed E-state index contributed by atoms with van der Waals surface area (Å²) >= 11 is 0. The first-order chi connectivity index (χ1) is 42.1. The Morgan fingerprint density at radius 1 is 0.413 bits per heavy atom. The van der Waals surface area contributed by atoms with Crippen molar-refractivity contribution in [2.75, 3.05) is 92.1 Å². The maximum absolute atomic E-state index is 13.2. The summed E-state index contributed by atoms with van der Waals surface area (Å²) in [7, 11) is -15.6. The monoisotopic (exact) mass is 1420 g/mol. The average molecular weight is 1420 g/mol. The quantitative estimate of drug-likeness (QED) is 0.0351. The first kappa shape index (κ1) is 81.8. The number of hydrogen-bond donors (Lipinski definition) is 0. The van der Waals surface area contributed by atoms with E-state index in [4.69, 9.17) is 48.7 Å². The van der Waals surface area contributed by atoms with E-state index < -0.39 is 83.9 Å². The number of ether oxygens (including phenoxy) is 5. The maximum Gasteiger partial charge on any atom is 0.541 e. The summed E-state index contributed by atoms with van der Waals surface area (Å²) in [5.74, 6) is 2.63. The van der Waals surface area contributed by atoms with Crippen LogP contribution in [0.3, 0.4) is 0 Å². The van der Waals surface area contributed by atoms with Crippen molar-refractivity contribution in [3.8, 4) is 17.2 Å². The molecule has 3 aromatic carbocycles. The summed E-state index contributed by atoms with van der Waals surface area (Å²) < 4.78 is 67.1. The lowest BCUT2D eigenvalue weighted by Crippen LogP contribution is -2.56. The van der Waals surface area contributed by atoms with Gasteiger partial charge in [-0.2, -0.15) is 0 Å². The average Bonchev–Trinajstić information content (AvgIpc) is 0.829. The number of nitrogens with zero attached hydrogens (tertiary/aromatic N) is 3. The molecule has 0 aliphatic carbocycles. The standard InChI is InChI=1S/C24H45NO5Si3.C22H39NO4Si2.C21H39NO5Si3/c1-20(33(10,29-31(4,5)6)30-32(7,8)9)19-28-22-13-11-21(12-14-22)23(26)24(2,3)25-15-17-27-18-16-25;1-22(2,23-13-16-25-17-14-23)21(24)19-9-11-20(12-10-19)26-15-8-18-29(6,7)27-28(3,4)5;1-21(2,22-14-16-24-17-15-22)20(23)18-10-12-19(13-11-18)25-30(9,26-28(3,4)5)27-29(6,7)8/h11-14,20H,15-19H2,1-10H3;9-12H,8,13-18H2,1-7H3;10-13H,14-17H2,1-9H3. The number of hydrogen-bond acceptors (Lipinski definition) is 17. The molecule has 1 atom stereocenters. The minimum atomic E-state index is -2.85. The smallest absolute Gasteiger partial charge is 0.502 e. The number of carbonyl (C=O) groups excluding carboxylic acids is 3. The molecule has 0 aromatic heterocycles. The third kappa shape index (κ3) is 27.7. The Balaban J connectivity index is 0.000000295. The van der Waals surface area contributed by atoms with Crippen LogP contribution in [0.25, 0.3) is 0 Å². The van der Waals surface area contributed by atoms with Crippen molar-refractivity contribution in [2.45, 2.75) is 207 Å². The van der Waals surface area contributed by atoms with Crippen molar-refractivity contribution in [1.29, 1.82) is 0 Å². The number of Topliss-reactive ketones (excluding diaryl/α,β-unsaturated/α-hetero) is 3. The largest absolute Gasteiger partial charge is 0.541 e. The van der Waals surface area contributed by atoms with Gasteiger partial charge in [0.05, 0.1) is 69.5 Å². The lowest BCUT2D eigenvalue weighted by molar-refractivity contribution is -0.00443. The Morgan fingerprint density at radius 2 is 0.696 bits per heavy atom. The van der Waals surface area contributed by atoms with Crippen LogP contribution >= 0.6 is 0 Å². The minimum absolute atomic E-state index is 0.104. The molecule has 6 rings (SSSR count). The van der Waals surface area contributed by atoms with Crippen LogP contribution < -0.4 is 13.9 Å². The van der Waals surface area contributed by atoms with Gasteiger partial charge in [0.2, 0.25) is 0 Å². The van der Waals surface area contributed by atoms with Crippen LogP contribution in [-0.4, -0.2) is 208 Å². The number of rotatable bonds is 30. The second-order valence-corrected chi connectivity index (χ2v) is 66.2. The van der Waals surface area contributed by atoms with Gasteiger partial charge in [-0.15, -0.1) is 0 Å². The Morgan fingerprint density at radius 3 is 0.989 bits per heavy atom. The molecule has 0 saturated carbocycles. The van der Waals surface area contributed by atoms with E-state index in [0.717, 1.165) is 68.8 Å². The molecule has 3 saturated heterocycles. The van der Waals surface area contributed by atoms with Gasteiger partial charge in [-0.05, 0) is 245 Å². The van der Waals surface area contributed by atoms with Gasteiger partial charge in [-0.1, -0.05) is 6.92 Å². The second kappa shape index (κ2) is 33.7. The molecule has 1 unspecified atom stereocenters. The van der Waals surface area contributed by atoms with Gasteiger partial charge in [-0.3, -0.25) is 29.1 Å². The molecule has 3 fully saturated rings. The topological polar surface area (TPSA) is 162 Å². The van der Waals surface area contributed by atoms with Crippen LogP contribution in [0.4, 0.5) is 0 Å². The van der Waals surface area contributed by atoms with Crippen molar-refractivity contribution in [1.82, 2.24) is 14.7 Å². The van der Waals surface area contributed by atoms with Crippen LogP contribution in [0.5, 0.6) is 17.2 Å². The molecule has 0 amide bonds. The summed E-state index contributed by atoms with van der Waals surface area (Å²) in [6.45, 7) is 65.7. The van der Waals surface area contributed by atoms with Crippen LogP contribution in [-0.2, 0) is 34.8 Å². The summed E-state index contributed by atoms with van der Waals surface area (Å²) in [6, 6.07) is 23.6. The molecule has 0 N–H and O–H groups in total. The van der Waals surface area contributed by atoms with Gasteiger partial charge in [0.1, 0.15) is 17.2 Å². The van der Waals surface area contributed by atoms with E-state index in [1.54, 1.807) is 0 Å². The fourth-order valence-electron chi connectivity index (χ4n) is 11.7. The fraction of sp³-hybridized carbons (Fsp3) is 0.687. The fourth-order valence-corrected chi connectivity index (χ4v) is 42.3. The highest BCUT2D eigenvalue weighted by Gasteiger charge is 2.47. The Bertz CT molecular complexity index is 2730. The molecule has 92 heavy (non-hydrogen) atoms. The van der Waals surface area contributed by atoms with Crippen LogP contribution in [0.2, 0.25) is 136 Å². The van der Waals surface area contributed by atoms with E-state index in [1.165, 1.54) is 0 Å². The zero-order valence-corrected chi connectivity index (χ0v) is 69.9. The van der Waals surface area contributed by atoms with E-state index in [1.807, 2.05) is 121 Å². The molecule has 0 bridgehead atoms. The van der Waals surface area contributed by atoms with Crippen molar-refractivity contribution in [3.63, 3.8) is 0 Å². The number of morpholine rings is 3. The number of carbonyl (C=O) groups is 3. The second-order valence-electron chi connectivity index (χ2n) is 32.0. The molecule has 3 aliphatic heterocycles. The normalized spacial score (nSPS) is 17.2. The van der Waals surface area contributed by atoms with E-state index in [9.17, 15) is 14.4 Å². The third-order valence-electron chi connectivity index (χ3n) is 15.9. The first-order valence-corrected chi connectivity index (χ1v) is 58.2. The first-order valence-electron chi connectivity index (χ1n) is 33.4. The minimum Gasteiger partial charge on any atom is -0.502 e. The Hall–Kier alpha value is -2.63. The SMILES string of the molecule is CC(C)(C(=O)c1ccc(OCCC[Si](C)(C)O[Si](C)(C)C)cc1)N1CCOCC1.CC(C)(C(=O)c1ccc(O[Si](C)(O[Si](C)(C)C)O[Si](C)(C)C)cc1)N1CCOCC1.CC(COc1ccc(C(=O)C(C)(C)N2CCOCC2)cc1)[Si](C)(O[Si](C)(C)C)O[Si](C)(C)C. The van der Waals surface area contributed by atoms with Gasteiger partial charge >= 0.3 is 17.4 Å². The molecular weight excluding hydrogens is 1300 g/mol. The third-order valence-corrected chi connectivity index (χ3v) is 40.7. The zero-order chi connectivity index (χ0) is 69.6. The lowest BCUT2D eigenvalue weighted by atomic mass is 9.91. The van der Waals surface area contributed by atoms with Gasteiger partial charge in [0, 0.05) is 68.0 Å². The molecule has 3 heterocycles. The highest BCUT2D eigenvalue weighted by molar-refractivity contribution is 6.88. The molecule has 17 nitrogen and oxygen atoms in total. The maximum atomic E-state index is 13.2. The molecule has 522 valence electrons. The molecule has 3 aliphatic rings. The predicted molar refractivity (Wildman–Crippen MR) is 395 cm³/mol. The zero-order valence-electron chi connectivity index (χ0n) is 61.9. The molecular formula is C67H123N3O14Si8. The molecule has 25 heteroatoms. The highest BCUT2D eigenvalue weighted by atomic mass is 28.5.